The molecule has 0 radical (unpaired) electrons. The summed E-state index contributed by atoms with van der Waals surface area (Å²) in [6.07, 6.45) is 0.0998. The smallest absolute Gasteiger partial charge is 0.230 e. The van der Waals surface area contributed by atoms with Crippen LogP contribution in [0.3, 0.4) is 0 Å². The van der Waals surface area contributed by atoms with Crippen molar-refractivity contribution in [2.24, 2.45) is 5.92 Å². The minimum atomic E-state index is -0.249. The van der Waals surface area contributed by atoms with Crippen LogP contribution in [0, 0.1) is 12.8 Å². The first-order valence-corrected chi connectivity index (χ1v) is 8.22. The van der Waals surface area contributed by atoms with Gasteiger partial charge >= 0.3 is 0 Å². The van der Waals surface area contributed by atoms with Crippen LogP contribution in [0.4, 0.5) is 0 Å². The Hall–Kier alpha value is -1.35. The fourth-order valence-electron chi connectivity index (χ4n) is 3.12. The molecule has 1 aliphatic rings. The van der Waals surface area contributed by atoms with Crippen LogP contribution in [-0.2, 0) is 9.53 Å². The summed E-state index contributed by atoms with van der Waals surface area (Å²) in [5, 5.41) is 0. The lowest BCUT2D eigenvalue weighted by atomic mass is 9.85. The Labute approximate surface area is 134 Å². The Morgan fingerprint density at radius 1 is 1.27 bits per heavy atom. The Morgan fingerprint density at radius 3 is 2.41 bits per heavy atom. The van der Waals surface area contributed by atoms with Crippen molar-refractivity contribution in [2.75, 3.05) is 13.2 Å². The maximum absolute atomic E-state index is 13.3. The molecule has 0 saturated carbocycles. The normalized spacial score (nSPS) is 22.7. The van der Waals surface area contributed by atoms with Gasteiger partial charge in [-0.25, -0.2) is 0 Å². The van der Waals surface area contributed by atoms with E-state index in [-0.39, 0.29) is 29.4 Å². The van der Waals surface area contributed by atoms with E-state index < -0.39 is 0 Å². The highest BCUT2D eigenvalue weighted by atomic mass is 16.5. The van der Waals surface area contributed by atoms with E-state index in [9.17, 15) is 4.79 Å². The van der Waals surface area contributed by atoms with Crippen molar-refractivity contribution in [3.63, 3.8) is 0 Å². The van der Waals surface area contributed by atoms with E-state index in [0.717, 1.165) is 5.56 Å². The van der Waals surface area contributed by atoms with Crippen LogP contribution in [0.2, 0.25) is 0 Å². The summed E-state index contributed by atoms with van der Waals surface area (Å²) < 4.78 is 5.74. The molecule has 1 fully saturated rings. The maximum Gasteiger partial charge on any atom is 0.230 e. The number of carbonyl (C=O) groups is 1. The van der Waals surface area contributed by atoms with E-state index in [2.05, 4.69) is 58.9 Å². The molecule has 122 valence electrons. The fourth-order valence-corrected chi connectivity index (χ4v) is 3.12. The number of hydrogen-bond acceptors (Lipinski definition) is 2. The first-order chi connectivity index (χ1) is 10.2. The molecular weight excluding hydrogens is 274 g/mol. The minimum Gasteiger partial charge on any atom is -0.374 e. The molecule has 3 heteroatoms. The molecule has 2 atom stereocenters. The number of nitrogens with zero attached hydrogens (tertiary/aromatic N) is 1. The van der Waals surface area contributed by atoms with Crippen LogP contribution in [0.15, 0.2) is 24.3 Å². The van der Waals surface area contributed by atoms with Gasteiger partial charge in [-0.1, -0.05) is 43.7 Å². The fraction of sp³-hybridized carbons (Fsp3) is 0.632. The number of hydrogen-bond donors (Lipinski definition) is 0. The molecule has 2 rings (SSSR count). The van der Waals surface area contributed by atoms with Crippen molar-refractivity contribution in [3.05, 3.63) is 35.4 Å². The molecule has 3 nitrogen and oxygen atoms in total. The second kappa shape index (κ2) is 6.41. The summed E-state index contributed by atoms with van der Waals surface area (Å²) >= 11 is 0. The monoisotopic (exact) mass is 303 g/mol. The third-order valence-corrected chi connectivity index (χ3v) is 4.53. The molecule has 2 unspecified atom stereocenters. The van der Waals surface area contributed by atoms with Crippen LogP contribution in [0.25, 0.3) is 0 Å². The van der Waals surface area contributed by atoms with Gasteiger partial charge in [0.25, 0.3) is 0 Å². The Bertz CT molecular complexity index is 519. The molecule has 0 aliphatic carbocycles. The zero-order chi connectivity index (χ0) is 16.5. The number of morpholine rings is 1. The highest BCUT2D eigenvalue weighted by Crippen LogP contribution is 2.32. The lowest BCUT2D eigenvalue weighted by molar-refractivity contribution is -0.155. The molecule has 0 bridgehead atoms. The number of amides is 1. The van der Waals surface area contributed by atoms with Crippen LogP contribution < -0.4 is 0 Å². The SMILES string of the molecule is Cc1ccc(C(C(=O)N2CC(C)OCC2(C)C)C(C)C)cc1. The first kappa shape index (κ1) is 17.0. The first-order valence-electron chi connectivity index (χ1n) is 8.22. The summed E-state index contributed by atoms with van der Waals surface area (Å²) in [4.78, 5) is 15.3. The summed E-state index contributed by atoms with van der Waals surface area (Å²) in [5.41, 5.74) is 2.08. The highest BCUT2D eigenvalue weighted by molar-refractivity contribution is 5.85. The van der Waals surface area contributed by atoms with Crippen molar-refractivity contribution >= 4 is 5.91 Å². The van der Waals surface area contributed by atoms with Crippen molar-refractivity contribution in [1.29, 1.82) is 0 Å². The predicted octanol–water partition coefficient (Wildman–Crippen LogP) is 3.76. The molecule has 0 aromatic heterocycles. The third kappa shape index (κ3) is 3.52. The second-order valence-corrected chi connectivity index (χ2v) is 7.52. The average Bonchev–Trinajstić information content (AvgIpc) is 2.43. The number of carbonyl (C=O) groups excluding carboxylic acids is 1. The number of ether oxygens (including phenoxy) is 1. The quantitative estimate of drug-likeness (QED) is 0.851. The van der Waals surface area contributed by atoms with Gasteiger partial charge in [-0.2, -0.15) is 0 Å². The Balaban J connectivity index is 2.31. The topological polar surface area (TPSA) is 29.5 Å². The van der Waals surface area contributed by atoms with Crippen LogP contribution in [0.1, 0.15) is 51.7 Å². The van der Waals surface area contributed by atoms with Crippen LogP contribution >= 0.6 is 0 Å². The molecule has 1 aromatic rings. The Kier molecular flexibility index (Phi) is 4.96. The van der Waals surface area contributed by atoms with E-state index in [1.54, 1.807) is 0 Å². The standard InChI is InChI=1S/C19H29NO2/c1-13(2)17(16-9-7-14(3)8-10-16)18(21)20-11-15(4)22-12-19(20,5)6/h7-10,13,15,17H,11-12H2,1-6H3. The highest BCUT2D eigenvalue weighted by Gasteiger charge is 2.40. The zero-order valence-electron chi connectivity index (χ0n) is 14.7. The molecule has 1 saturated heterocycles. The summed E-state index contributed by atoms with van der Waals surface area (Å²) in [6, 6.07) is 8.36. The lowest BCUT2D eigenvalue weighted by Crippen LogP contribution is -2.59. The van der Waals surface area contributed by atoms with Crippen molar-refractivity contribution in [1.82, 2.24) is 4.90 Å². The molecule has 0 spiro atoms. The average molecular weight is 303 g/mol. The van der Waals surface area contributed by atoms with Gasteiger partial charge in [0.05, 0.1) is 24.2 Å². The van der Waals surface area contributed by atoms with E-state index in [1.807, 2.05) is 11.8 Å². The van der Waals surface area contributed by atoms with Crippen molar-refractivity contribution in [2.45, 2.75) is 59.1 Å². The molecule has 0 N–H and O–H groups in total. The van der Waals surface area contributed by atoms with E-state index in [1.165, 1.54) is 5.56 Å². The van der Waals surface area contributed by atoms with Gasteiger partial charge in [0, 0.05) is 6.54 Å². The molecule has 1 aliphatic heterocycles. The number of aryl methyl sites for hydroxylation is 1. The van der Waals surface area contributed by atoms with E-state index in [4.69, 9.17) is 4.74 Å². The lowest BCUT2D eigenvalue weighted by Gasteiger charge is -2.46. The van der Waals surface area contributed by atoms with E-state index in [0.29, 0.717) is 13.2 Å². The van der Waals surface area contributed by atoms with Gasteiger partial charge in [0.1, 0.15) is 0 Å². The number of benzene rings is 1. The van der Waals surface area contributed by atoms with Gasteiger partial charge in [0.2, 0.25) is 5.91 Å². The molecule has 1 heterocycles. The summed E-state index contributed by atoms with van der Waals surface area (Å²) in [7, 11) is 0. The zero-order valence-corrected chi connectivity index (χ0v) is 14.7. The maximum atomic E-state index is 13.3. The van der Waals surface area contributed by atoms with E-state index >= 15 is 0 Å². The second-order valence-electron chi connectivity index (χ2n) is 7.52. The largest absolute Gasteiger partial charge is 0.374 e. The molecule has 1 amide bonds. The third-order valence-electron chi connectivity index (χ3n) is 4.53. The summed E-state index contributed by atoms with van der Waals surface area (Å²) in [5.74, 6) is 0.397. The minimum absolute atomic E-state index is 0.0924. The Morgan fingerprint density at radius 2 is 1.86 bits per heavy atom. The van der Waals surface area contributed by atoms with Gasteiger partial charge in [-0.05, 0) is 39.2 Å². The molecule has 22 heavy (non-hydrogen) atoms. The van der Waals surface area contributed by atoms with Crippen LogP contribution in [0.5, 0.6) is 0 Å². The van der Waals surface area contributed by atoms with Gasteiger partial charge in [-0.15, -0.1) is 0 Å². The van der Waals surface area contributed by atoms with Gasteiger partial charge < -0.3 is 9.64 Å². The van der Waals surface area contributed by atoms with Crippen molar-refractivity contribution in [3.8, 4) is 0 Å². The number of rotatable bonds is 3. The van der Waals surface area contributed by atoms with Gasteiger partial charge in [-0.3, -0.25) is 4.79 Å². The molecular formula is C19H29NO2. The predicted molar refractivity (Wildman–Crippen MR) is 90.0 cm³/mol. The van der Waals surface area contributed by atoms with Crippen LogP contribution in [-0.4, -0.2) is 35.6 Å². The molecule has 1 aromatic carbocycles. The van der Waals surface area contributed by atoms with Crippen molar-refractivity contribution < 1.29 is 9.53 Å². The van der Waals surface area contributed by atoms with Gasteiger partial charge in [0.15, 0.2) is 0 Å². The summed E-state index contributed by atoms with van der Waals surface area (Å²) in [6.45, 7) is 13.8.